The van der Waals surface area contributed by atoms with E-state index in [1.807, 2.05) is 4.90 Å². The molecule has 0 saturated carbocycles. The van der Waals surface area contributed by atoms with Crippen LogP contribution in [0.2, 0.25) is 0 Å². The summed E-state index contributed by atoms with van der Waals surface area (Å²) in [6, 6.07) is 3.87. The van der Waals surface area contributed by atoms with Crippen molar-refractivity contribution in [3.8, 4) is 0 Å². The smallest absolute Gasteiger partial charge is 0.254 e. The van der Waals surface area contributed by atoms with Crippen molar-refractivity contribution >= 4 is 21.8 Å². The summed E-state index contributed by atoms with van der Waals surface area (Å²) in [4.78, 5) is 18.0. The van der Waals surface area contributed by atoms with Gasteiger partial charge in [-0.05, 0) is 35.0 Å². The Balaban J connectivity index is 2.12. The molecule has 1 N–H and O–H groups in total. The zero-order valence-corrected chi connectivity index (χ0v) is 10.7. The third-order valence-electron chi connectivity index (χ3n) is 2.63. The van der Waals surface area contributed by atoms with E-state index in [-0.39, 0.29) is 5.91 Å². The number of rotatable bonds is 1. The van der Waals surface area contributed by atoms with E-state index >= 15 is 0 Å². The van der Waals surface area contributed by atoms with Gasteiger partial charge in [0.2, 0.25) is 0 Å². The molecule has 1 aliphatic rings. The lowest BCUT2D eigenvalue weighted by Crippen LogP contribution is -2.51. The number of hydrogen-bond acceptors (Lipinski definition) is 3. The summed E-state index contributed by atoms with van der Waals surface area (Å²) in [7, 11) is 0. The number of carbonyl (C=O) groups is 1. The van der Waals surface area contributed by atoms with Gasteiger partial charge in [0.1, 0.15) is 4.60 Å². The van der Waals surface area contributed by atoms with Crippen LogP contribution in [0.4, 0.5) is 0 Å². The fraction of sp³-hybridized carbons (Fsp3) is 0.455. The van der Waals surface area contributed by atoms with Crippen molar-refractivity contribution in [2.24, 2.45) is 0 Å². The maximum atomic E-state index is 12.1. The summed E-state index contributed by atoms with van der Waals surface area (Å²) in [5.41, 5.74) is 0.691. The average Bonchev–Trinajstić information content (AvgIpc) is 2.28. The predicted molar refractivity (Wildman–Crippen MR) is 65.3 cm³/mol. The van der Waals surface area contributed by atoms with Crippen LogP contribution in [0.1, 0.15) is 17.3 Å². The second-order valence-corrected chi connectivity index (χ2v) is 4.79. The first-order valence-corrected chi connectivity index (χ1v) is 6.10. The lowest BCUT2D eigenvalue weighted by atomic mass is 10.2. The Hall–Kier alpha value is -0.940. The molecule has 1 saturated heterocycles. The van der Waals surface area contributed by atoms with Crippen LogP contribution >= 0.6 is 15.9 Å². The van der Waals surface area contributed by atoms with Crippen molar-refractivity contribution in [2.75, 3.05) is 19.6 Å². The Morgan fingerprint density at radius 2 is 2.50 bits per heavy atom. The standard InChI is InChI=1S/C11H14BrN3O/c1-8-7-15(5-4-13-8)11(16)9-2-3-14-10(12)6-9/h2-3,6,8,13H,4-5,7H2,1H3. The highest BCUT2D eigenvalue weighted by molar-refractivity contribution is 9.10. The Kier molecular flexibility index (Phi) is 3.56. The van der Waals surface area contributed by atoms with Gasteiger partial charge in [0.05, 0.1) is 0 Å². The van der Waals surface area contributed by atoms with E-state index < -0.39 is 0 Å². The first kappa shape index (κ1) is 11.5. The number of carbonyl (C=O) groups excluding carboxylic acids is 1. The summed E-state index contributed by atoms with van der Waals surface area (Å²) < 4.78 is 0.696. The summed E-state index contributed by atoms with van der Waals surface area (Å²) in [5, 5.41) is 3.31. The van der Waals surface area contributed by atoms with Gasteiger partial charge in [-0.2, -0.15) is 0 Å². The summed E-state index contributed by atoms with van der Waals surface area (Å²) in [6.07, 6.45) is 1.64. The Labute approximate surface area is 103 Å². The normalized spacial score (nSPS) is 20.9. The van der Waals surface area contributed by atoms with Crippen LogP contribution in [0.5, 0.6) is 0 Å². The van der Waals surface area contributed by atoms with Crippen molar-refractivity contribution in [2.45, 2.75) is 13.0 Å². The van der Waals surface area contributed by atoms with E-state index in [1.165, 1.54) is 0 Å². The van der Waals surface area contributed by atoms with Crippen LogP contribution < -0.4 is 5.32 Å². The quantitative estimate of drug-likeness (QED) is 0.790. The molecule has 4 nitrogen and oxygen atoms in total. The van der Waals surface area contributed by atoms with E-state index in [9.17, 15) is 4.79 Å². The first-order chi connectivity index (χ1) is 7.66. The molecule has 0 bridgehead atoms. The molecular formula is C11H14BrN3O. The largest absolute Gasteiger partial charge is 0.336 e. The molecule has 2 heterocycles. The lowest BCUT2D eigenvalue weighted by molar-refractivity contribution is 0.0709. The zero-order valence-electron chi connectivity index (χ0n) is 9.11. The molecule has 5 heteroatoms. The van der Waals surface area contributed by atoms with Crippen LogP contribution in [0.3, 0.4) is 0 Å². The third-order valence-corrected chi connectivity index (χ3v) is 3.06. The highest BCUT2D eigenvalue weighted by Gasteiger charge is 2.21. The molecule has 0 spiro atoms. The van der Waals surface area contributed by atoms with Gasteiger partial charge in [-0.3, -0.25) is 4.79 Å². The van der Waals surface area contributed by atoms with Gasteiger partial charge in [-0.1, -0.05) is 0 Å². The van der Waals surface area contributed by atoms with Gasteiger partial charge in [-0.15, -0.1) is 0 Å². The van der Waals surface area contributed by atoms with Crippen molar-refractivity contribution in [3.05, 3.63) is 28.5 Å². The number of pyridine rings is 1. The third kappa shape index (κ3) is 2.59. The van der Waals surface area contributed by atoms with Crippen LogP contribution in [0.15, 0.2) is 22.9 Å². The number of nitrogens with zero attached hydrogens (tertiary/aromatic N) is 2. The molecule has 1 aromatic rings. The number of aromatic nitrogens is 1. The maximum Gasteiger partial charge on any atom is 0.254 e. The fourth-order valence-electron chi connectivity index (χ4n) is 1.83. The highest BCUT2D eigenvalue weighted by atomic mass is 79.9. The maximum absolute atomic E-state index is 12.1. The Morgan fingerprint density at radius 1 is 1.69 bits per heavy atom. The second-order valence-electron chi connectivity index (χ2n) is 3.97. The number of hydrogen-bond donors (Lipinski definition) is 1. The van der Waals surface area contributed by atoms with Gasteiger partial charge >= 0.3 is 0 Å². The van der Waals surface area contributed by atoms with Crippen molar-refractivity contribution in [3.63, 3.8) is 0 Å². The van der Waals surface area contributed by atoms with E-state index in [2.05, 4.69) is 33.2 Å². The molecule has 1 amide bonds. The summed E-state index contributed by atoms with van der Waals surface area (Å²) >= 11 is 3.27. The molecule has 1 aliphatic heterocycles. The minimum absolute atomic E-state index is 0.0800. The van der Waals surface area contributed by atoms with E-state index in [0.29, 0.717) is 16.2 Å². The van der Waals surface area contributed by atoms with Gasteiger partial charge in [-0.25, -0.2) is 4.98 Å². The topological polar surface area (TPSA) is 45.2 Å². The van der Waals surface area contributed by atoms with Gasteiger partial charge in [0.25, 0.3) is 5.91 Å². The van der Waals surface area contributed by atoms with Crippen molar-refractivity contribution < 1.29 is 4.79 Å². The van der Waals surface area contributed by atoms with E-state index in [4.69, 9.17) is 0 Å². The predicted octanol–water partition coefficient (Wildman–Crippen LogP) is 1.28. The molecule has 1 fully saturated rings. The van der Waals surface area contributed by atoms with E-state index in [0.717, 1.165) is 19.6 Å². The highest BCUT2D eigenvalue weighted by Crippen LogP contribution is 2.11. The average molecular weight is 284 g/mol. The molecule has 2 rings (SSSR count). The summed E-state index contributed by atoms with van der Waals surface area (Å²) in [5.74, 6) is 0.0800. The van der Waals surface area contributed by atoms with Crippen molar-refractivity contribution in [1.82, 2.24) is 15.2 Å². The van der Waals surface area contributed by atoms with Crippen LogP contribution in [-0.4, -0.2) is 41.5 Å². The van der Waals surface area contributed by atoms with Crippen LogP contribution in [0.25, 0.3) is 0 Å². The molecule has 1 atom stereocenters. The molecule has 0 radical (unpaired) electrons. The lowest BCUT2D eigenvalue weighted by Gasteiger charge is -2.31. The Morgan fingerprint density at radius 3 is 3.19 bits per heavy atom. The number of amides is 1. The van der Waals surface area contributed by atoms with Crippen LogP contribution in [-0.2, 0) is 0 Å². The minimum Gasteiger partial charge on any atom is -0.336 e. The second kappa shape index (κ2) is 4.93. The first-order valence-electron chi connectivity index (χ1n) is 5.31. The molecule has 86 valence electrons. The molecule has 1 aromatic heterocycles. The molecule has 16 heavy (non-hydrogen) atoms. The monoisotopic (exact) mass is 283 g/mol. The SMILES string of the molecule is CC1CN(C(=O)c2ccnc(Br)c2)CCN1. The summed E-state index contributed by atoms with van der Waals surface area (Å²) in [6.45, 7) is 4.48. The molecule has 1 unspecified atom stereocenters. The van der Waals surface area contributed by atoms with Gasteiger partial charge in [0.15, 0.2) is 0 Å². The number of piperazine rings is 1. The molecule has 0 aliphatic carbocycles. The fourth-order valence-corrected chi connectivity index (χ4v) is 2.20. The Bertz CT molecular complexity index is 397. The number of halogens is 1. The van der Waals surface area contributed by atoms with E-state index in [1.54, 1.807) is 18.3 Å². The van der Waals surface area contributed by atoms with Gasteiger partial charge < -0.3 is 10.2 Å². The van der Waals surface area contributed by atoms with Gasteiger partial charge in [0, 0.05) is 37.4 Å². The minimum atomic E-state index is 0.0800. The zero-order chi connectivity index (χ0) is 11.5. The molecule has 0 aromatic carbocycles. The van der Waals surface area contributed by atoms with Crippen LogP contribution in [0, 0.1) is 0 Å². The molecular weight excluding hydrogens is 270 g/mol. The van der Waals surface area contributed by atoms with Crippen molar-refractivity contribution in [1.29, 1.82) is 0 Å². The number of nitrogens with one attached hydrogen (secondary N) is 1.